The van der Waals surface area contributed by atoms with Gasteiger partial charge in [-0.1, -0.05) is 48.0 Å². The summed E-state index contributed by atoms with van der Waals surface area (Å²) in [5, 5.41) is 2.75. The molecule has 0 radical (unpaired) electrons. The molecule has 39 heavy (non-hydrogen) atoms. The Morgan fingerprint density at radius 2 is 1.62 bits per heavy atom. The van der Waals surface area contributed by atoms with Crippen molar-refractivity contribution in [2.75, 3.05) is 31.6 Å². The number of carbonyl (C=O) groups is 2. The number of ether oxygens (including phenoxy) is 2. The number of aryl methyl sites for hydroxylation is 1. The Morgan fingerprint density at radius 1 is 0.949 bits per heavy atom. The van der Waals surface area contributed by atoms with E-state index in [4.69, 9.17) is 9.47 Å². The van der Waals surface area contributed by atoms with Crippen LogP contribution < -0.4 is 19.1 Å². The number of benzene rings is 3. The van der Waals surface area contributed by atoms with E-state index in [0.717, 1.165) is 15.4 Å². The molecule has 1 N–H and O–H groups in total. The Morgan fingerprint density at radius 3 is 2.21 bits per heavy atom. The van der Waals surface area contributed by atoms with E-state index < -0.39 is 28.5 Å². The number of hydrogen-bond donors (Lipinski definition) is 1. The van der Waals surface area contributed by atoms with Gasteiger partial charge in [0.05, 0.1) is 24.8 Å². The molecule has 0 saturated heterocycles. The summed E-state index contributed by atoms with van der Waals surface area (Å²) in [5.74, 6) is -0.267. The molecule has 1 atom stereocenters. The summed E-state index contributed by atoms with van der Waals surface area (Å²) in [4.78, 5) is 28.2. The van der Waals surface area contributed by atoms with Crippen molar-refractivity contribution in [2.45, 2.75) is 38.3 Å². The first-order valence-corrected chi connectivity index (χ1v) is 14.0. The van der Waals surface area contributed by atoms with E-state index in [1.54, 1.807) is 44.2 Å². The highest BCUT2D eigenvalue weighted by Crippen LogP contribution is 2.36. The van der Waals surface area contributed by atoms with Gasteiger partial charge in [-0.25, -0.2) is 8.42 Å². The van der Waals surface area contributed by atoms with Gasteiger partial charge in [-0.2, -0.15) is 0 Å². The fourth-order valence-electron chi connectivity index (χ4n) is 4.02. The fourth-order valence-corrected chi connectivity index (χ4v) is 5.46. The topological polar surface area (TPSA) is 105 Å². The van der Waals surface area contributed by atoms with Gasteiger partial charge in [0.25, 0.3) is 10.0 Å². The summed E-state index contributed by atoms with van der Waals surface area (Å²) in [7, 11) is -1.34. The summed E-state index contributed by atoms with van der Waals surface area (Å²) >= 11 is 0. The standard InChI is InChI=1S/C29H35N3O6S/c1-6-30-29(34)22(3)31(19-23-14-12-21(2)13-15-23)28(33)20-32(39(35,36)25-10-8-7-9-11-25)26-18-24(37-4)16-17-27(26)38-5/h7-18,22H,6,19-20H2,1-5H3,(H,30,34)/t22-/m1/s1. The Hall–Kier alpha value is -4.05. The first-order valence-electron chi connectivity index (χ1n) is 12.5. The molecular weight excluding hydrogens is 518 g/mol. The normalized spacial score (nSPS) is 11.8. The molecule has 0 spiro atoms. The predicted octanol–water partition coefficient (Wildman–Crippen LogP) is 3.76. The van der Waals surface area contributed by atoms with Gasteiger partial charge < -0.3 is 19.7 Å². The lowest BCUT2D eigenvalue weighted by Crippen LogP contribution is -2.51. The molecular formula is C29H35N3O6S. The molecule has 0 bridgehead atoms. The zero-order valence-electron chi connectivity index (χ0n) is 22.9. The minimum atomic E-state index is -4.23. The second kappa shape index (κ2) is 13.1. The summed E-state index contributed by atoms with van der Waals surface area (Å²) in [6.45, 7) is 5.31. The molecule has 10 heteroatoms. The van der Waals surface area contributed by atoms with E-state index in [1.165, 1.54) is 37.3 Å². The van der Waals surface area contributed by atoms with Crippen LogP contribution >= 0.6 is 0 Å². The number of likely N-dealkylation sites (N-methyl/N-ethyl adjacent to an activating group) is 1. The first-order chi connectivity index (χ1) is 18.6. The van der Waals surface area contributed by atoms with Crippen molar-refractivity contribution in [3.05, 3.63) is 83.9 Å². The first kappa shape index (κ1) is 29.5. The molecule has 3 aromatic carbocycles. The highest BCUT2D eigenvalue weighted by atomic mass is 32.2. The molecule has 3 aromatic rings. The molecule has 0 aliphatic rings. The lowest BCUT2D eigenvalue weighted by atomic mass is 10.1. The average molecular weight is 554 g/mol. The fraction of sp³-hybridized carbons (Fsp3) is 0.310. The lowest BCUT2D eigenvalue weighted by Gasteiger charge is -2.32. The molecule has 0 aromatic heterocycles. The molecule has 0 unspecified atom stereocenters. The number of sulfonamides is 1. The maximum atomic E-state index is 13.9. The number of carbonyl (C=O) groups excluding carboxylic acids is 2. The number of nitrogens with zero attached hydrogens (tertiary/aromatic N) is 2. The highest BCUT2D eigenvalue weighted by molar-refractivity contribution is 7.92. The van der Waals surface area contributed by atoms with Gasteiger partial charge in [0.1, 0.15) is 24.1 Å². The Bertz CT molecular complexity index is 1380. The van der Waals surface area contributed by atoms with Crippen molar-refractivity contribution in [2.24, 2.45) is 0 Å². The smallest absolute Gasteiger partial charge is 0.264 e. The van der Waals surface area contributed by atoms with Gasteiger partial charge in [0.2, 0.25) is 11.8 Å². The number of methoxy groups -OCH3 is 2. The van der Waals surface area contributed by atoms with Crippen LogP contribution in [0.1, 0.15) is 25.0 Å². The third-order valence-electron chi connectivity index (χ3n) is 6.26. The van der Waals surface area contributed by atoms with Gasteiger partial charge in [0.15, 0.2) is 0 Å². The maximum absolute atomic E-state index is 13.9. The van der Waals surface area contributed by atoms with Gasteiger partial charge in [-0.3, -0.25) is 13.9 Å². The van der Waals surface area contributed by atoms with E-state index in [1.807, 2.05) is 31.2 Å². The largest absolute Gasteiger partial charge is 0.497 e. The minimum Gasteiger partial charge on any atom is -0.497 e. The third kappa shape index (κ3) is 7.08. The molecule has 0 aliphatic heterocycles. The Balaban J connectivity index is 2.10. The van der Waals surface area contributed by atoms with Crippen LogP contribution in [0.5, 0.6) is 11.5 Å². The van der Waals surface area contributed by atoms with E-state index in [-0.39, 0.29) is 28.8 Å². The summed E-state index contributed by atoms with van der Waals surface area (Å²) in [6.07, 6.45) is 0. The molecule has 2 amide bonds. The predicted molar refractivity (Wildman–Crippen MR) is 150 cm³/mol. The molecule has 0 saturated carbocycles. The van der Waals surface area contributed by atoms with Crippen molar-refractivity contribution in [3.63, 3.8) is 0 Å². The molecule has 0 heterocycles. The summed E-state index contributed by atoms with van der Waals surface area (Å²) < 4.78 is 39.7. The highest BCUT2D eigenvalue weighted by Gasteiger charge is 2.34. The van der Waals surface area contributed by atoms with Crippen LogP contribution in [0.25, 0.3) is 0 Å². The van der Waals surface area contributed by atoms with Gasteiger partial charge in [-0.15, -0.1) is 0 Å². The number of nitrogens with one attached hydrogen (secondary N) is 1. The molecule has 0 aliphatic carbocycles. The molecule has 208 valence electrons. The van der Waals surface area contributed by atoms with E-state index in [9.17, 15) is 18.0 Å². The van der Waals surface area contributed by atoms with Crippen LogP contribution in [-0.4, -0.2) is 58.5 Å². The van der Waals surface area contributed by atoms with Gasteiger partial charge in [0, 0.05) is 19.2 Å². The number of amides is 2. The quantitative estimate of drug-likeness (QED) is 0.366. The van der Waals surface area contributed by atoms with Crippen molar-refractivity contribution in [3.8, 4) is 11.5 Å². The molecule has 3 rings (SSSR count). The molecule has 0 fully saturated rings. The summed E-state index contributed by atoms with van der Waals surface area (Å²) in [5.41, 5.74) is 2.00. The van der Waals surface area contributed by atoms with Crippen LogP contribution in [0.2, 0.25) is 0 Å². The van der Waals surface area contributed by atoms with Gasteiger partial charge >= 0.3 is 0 Å². The van der Waals surface area contributed by atoms with Crippen molar-refractivity contribution >= 4 is 27.5 Å². The zero-order valence-corrected chi connectivity index (χ0v) is 23.7. The number of anilines is 1. The third-order valence-corrected chi connectivity index (χ3v) is 8.03. The maximum Gasteiger partial charge on any atom is 0.264 e. The van der Waals surface area contributed by atoms with Gasteiger partial charge in [-0.05, 0) is 50.6 Å². The van der Waals surface area contributed by atoms with Crippen molar-refractivity contribution in [1.82, 2.24) is 10.2 Å². The van der Waals surface area contributed by atoms with Crippen LogP contribution in [0, 0.1) is 6.92 Å². The van der Waals surface area contributed by atoms with Crippen LogP contribution in [0.3, 0.4) is 0 Å². The molecule has 9 nitrogen and oxygen atoms in total. The Kier molecular flexibility index (Phi) is 9.95. The van der Waals surface area contributed by atoms with Crippen molar-refractivity contribution in [1.29, 1.82) is 0 Å². The monoisotopic (exact) mass is 553 g/mol. The minimum absolute atomic E-state index is 0.00420. The lowest BCUT2D eigenvalue weighted by molar-refractivity contribution is -0.139. The van der Waals surface area contributed by atoms with Crippen LogP contribution in [0.4, 0.5) is 5.69 Å². The number of hydrogen-bond acceptors (Lipinski definition) is 6. The Labute approximate surface area is 230 Å². The second-order valence-electron chi connectivity index (χ2n) is 8.94. The number of rotatable bonds is 12. The van der Waals surface area contributed by atoms with E-state index in [0.29, 0.717) is 12.3 Å². The average Bonchev–Trinajstić information content (AvgIpc) is 2.95. The summed E-state index contributed by atoms with van der Waals surface area (Å²) in [6, 6.07) is 19.3. The van der Waals surface area contributed by atoms with Crippen LogP contribution in [0.15, 0.2) is 77.7 Å². The van der Waals surface area contributed by atoms with E-state index >= 15 is 0 Å². The second-order valence-corrected chi connectivity index (χ2v) is 10.8. The zero-order chi connectivity index (χ0) is 28.6. The van der Waals surface area contributed by atoms with Crippen LogP contribution in [-0.2, 0) is 26.2 Å². The van der Waals surface area contributed by atoms with E-state index in [2.05, 4.69) is 5.32 Å². The van der Waals surface area contributed by atoms with Crippen molar-refractivity contribution < 1.29 is 27.5 Å². The SMILES string of the molecule is CCNC(=O)[C@@H](C)N(Cc1ccc(C)cc1)C(=O)CN(c1cc(OC)ccc1OC)S(=O)(=O)c1ccccc1.